The lowest BCUT2D eigenvalue weighted by Crippen LogP contribution is -2.50. The molecule has 0 spiro atoms. The fourth-order valence-electron chi connectivity index (χ4n) is 2.61. The molecule has 2 aliphatic rings. The third-order valence-electron chi connectivity index (χ3n) is 3.44. The smallest absolute Gasteiger partial charge is 0.0596 e. The fraction of sp³-hybridized carbons (Fsp3) is 1.00. The quantitative estimate of drug-likeness (QED) is 0.558. The van der Waals surface area contributed by atoms with Gasteiger partial charge in [0.15, 0.2) is 0 Å². The van der Waals surface area contributed by atoms with E-state index in [9.17, 15) is 5.11 Å². The first-order valence-corrected chi connectivity index (χ1v) is 5.37. The highest BCUT2D eigenvalue weighted by atomic mass is 16.3. The van der Waals surface area contributed by atoms with Gasteiger partial charge in [-0.2, -0.15) is 0 Å². The highest BCUT2D eigenvalue weighted by Gasteiger charge is 2.33. The fourth-order valence-corrected chi connectivity index (χ4v) is 2.61. The van der Waals surface area contributed by atoms with Crippen LogP contribution in [0.2, 0.25) is 0 Å². The molecular formula is C10H20N2O. The summed E-state index contributed by atoms with van der Waals surface area (Å²) >= 11 is 0. The molecule has 2 saturated heterocycles. The molecule has 0 aliphatic carbocycles. The number of hydrogen-bond donors (Lipinski definition) is 2. The van der Waals surface area contributed by atoms with Crippen molar-refractivity contribution in [3.05, 3.63) is 0 Å². The minimum absolute atomic E-state index is 0.0808. The van der Waals surface area contributed by atoms with Crippen molar-refractivity contribution in [2.24, 2.45) is 5.92 Å². The summed E-state index contributed by atoms with van der Waals surface area (Å²) in [6.07, 6.45) is 3.21. The second kappa shape index (κ2) is 3.95. The molecule has 2 N–H and O–H groups in total. The first-order valence-electron chi connectivity index (χ1n) is 5.37. The Balaban J connectivity index is 2.03. The van der Waals surface area contributed by atoms with Gasteiger partial charge < -0.3 is 15.3 Å². The van der Waals surface area contributed by atoms with Crippen molar-refractivity contribution in [3.8, 4) is 0 Å². The van der Waals surface area contributed by atoms with Crippen LogP contribution in [0.15, 0.2) is 0 Å². The molecule has 3 unspecified atom stereocenters. The maximum atomic E-state index is 9.94. The van der Waals surface area contributed by atoms with E-state index in [1.165, 1.54) is 13.0 Å². The van der Waals surface area contributed by atoms with Crippen LogP contribution in [0.3, 0.4) is 0 Å². The van der Waals surface area contributed by atoms with Crippen molar-refractivity contribution in [2.75, 3.05) is 26.7 Å². The number of fused-ring (bicyclic) bond motifs is 1. The lowest BCUT2D eigenvalue weighted by molar-refractivity contribution is 0.0425. The van der Waals surface area contributed by atoms with Gasteiger partial charge in [0.2, 0.25) is 0 Å². The molecule has 0 saturated carbocycles. The van der Waals surface area contributed by atoms with Crippen LogP contribution in [-0.4, -0.2) is 48.8 Å². The van der Waals surface area contributed by atoms with Crippen molar-refractivity contribution in [2.45, 2.75) is 31.4 Å². The van der Waals surface area contributed by atoms with Crippen LogP contribution in [0.25, 0.3) is 0 Å². The molecule has 2 rings (SSSR count). The van der Waals surface area contributed by atoms with Crippen LogP contribution in [0.4, 0.5) is 0 Å². The molecule has 76 valence electrons. The molecule has 2 fully saturated rings. The standard InChI is InChI=1S/C10H20N2O/c1-12-6-4-9-8(7-12)10(13)3-2-5-11-9/h8-11,13H,2-7H2,1H3. The molecule has 0 aromatic carbocycles. The Bertz CT molecular complexity index is 174. The molecule has 0 amide bonds. The summed E-state index contributed by atoms with van der Waals surface area (Å²) in [6.45, 7) is 3.31. The number of rotatable bonds is 0. The van der Waals surface area contributed by atoms with Gasteiger partial charge in [-0.05, 0) is 39.4 Å². The van der Waals surface area contributed by atoms with E-state index in [1.807, 2.05) is 0 Å². The number of piperidine rings is 1. The highest BCUT2D eigenvalue weighted by molar-refractivity contribution is 4.90. The average molecular weight is 184 g/mol. The van der Waals surface area contributed by atoms with Gasteiger partial charge in [-0.3, -0.25) is 0 Å². The molecule has 3 heteroatoms. The molecule has 0 aromatic rings. The largest absolute Gasteiger partial charge is 0.393 e. The maximum Gasteiger partial charge on any atom is 0.0596 e. The molecule has 13 heavy (non-hydrogen) atoms. The Kier molecular flexibility index (Phi) is 2.86. The van der Waals surface area contributed by atoms with Gasteiger partial charge in [0.1, 0.15) is 0 Å². The minimum Gasteiger partial charge on any atom is -0.393 e. The van der Waals surface area contributed by atoms with Crippen molar-refractivity contribution in [1.29, 1.82) is 0 Å². The zero-order chi connectivity index (χ0) is 9.26. The molecule has 3 atom stereocenters. The van der Waals surface area contributed by atoms with Crippen LogP contribution in [0.5, 0.6) is 0 Å². The van der Waals surface area contributed by atoms with E-state index < -0.39 is 0 Å². The molecule has 0 radical (unpaired) electrons. The third-order valence-corrected chi connectivity index (χ3v) is 3.44. The third kappa shape index (κ3) is 2.03. The Morgan fingerprint density at radius 2 is 2.23 bits per heavy atom. The molecular weight excluding hydrogens is 164 g/mol. The lowest BCUT2D eigenvalue weighted by Gasteiger charge is -2.38. The van der Waals surface area contributed by atoms with Crippen molar-refractivity contribution in [3.63, 3.8) is 0 Å². The first-order chi connectivity index (χ1) is 6.27. The van der Waals surface area contributed by atoms with Crippen LogP contribution < -0.4 is 5.32 Å². The molecule has 2 aliphatic heterocycles. The van der Waals surface area contributed by atoms with Gasteiger partial charge in [0, 0.05) is 18.5 Å². The maximum absolute atomic E-state index is 9.94. The predicted molar refractivity (Wildman–Crippen MR) is 52.6 cm³/mol. The molecule has 0 aromatic heterocycles. The number of hydrogen-bond acceptors (Lipinski definition) is 3. The number of nitrogens with zero attached hydrogens (tertiary/aromatic N) is 1. The summed E-state index contributed by atoms with van der Waals surface area (Å²) < 4.78 is 0. The van der Waals surface area contributed by atoms with Gasteiger partial charge in [-0.15, -0.1) is 0 Å². The number of nitrogens with one attached hydrogen (secondary N) is 1. The monoisotopic (exact) mass is 184 g/mol. The number of aliphatic hydroxyl groups excluding tert-OH is 1. The minimum atomic E-state index is -0.0808. The van der Waals surface area contributed by atoms with Gasteiger partial charge in [0.05, 0.1) is 6.10 Å². The molecule has 0 bridgehead atoms. The van der Waals surface area contributed by atoms with E-state index in [4.69, 9.17) is 0 Å². The summed E-state index contributed by atoms with van der Waals surface area (Å²) in [4.78, 5) is 2.33. The summed E-state index contributed by atoms with van der Waals surface area (Å²) in [6, 6.07) is 0.564. The summed E-state index contributed by atoms with van der Waals surface area (Å²) in [5.41, 5.74) is 0. The van der Waals surface area contributed by atoms with E-state index in [0.717, 1.165) is 25.9 Å². The van der Waals surface area contributed by atoms with Crippen molar-refractivity contribution >= 4 is 0 Å². The summed E-state index contributed by atoms with van der Waals surface area (Å²) in [7, 11) is 2.15. The SMILES string of the molecule is CN1CCC2NCCCC(O)C2C1. The van der Waals surface area contributed by atoms with Gasteiger partial charge in [-0.25, -0.2) is 0 Å². The first kappa shape index (κ1) is 9.44. The van der Waals surface area contributed by atoms with Crippen LogP contribution >= 0.6 is 0 Å². The molecule has 3 nitrogen and oxygen atoms in total. The number of aliphatic hydroxyl groups is 1. The van der Waals surface area contributed by atoms with E-state index >= 15 is 0 Å². The topological polar surface area (TPSA) is 35.5 Å². The summed E-state index contributed by atoms with van der Waals surface area (Å²) in [5.74, 6) is 0.459. The lowest BCUT2D eigenvalue weighted by atomic mass is 9.87. The zero-order valence-electron chi connectivity index (χ0n) is 8.37. The van der Waals surface area contributed by atoms with Crippen LogP contribution in [0, 0.1) is 5.92 Å². The van der Waals surface area contributed by atoms with E-state index in [2.05, 4.69) is 17.3 Å². The van der Waals surface area contributed by atoms with Gasteiger partial charge in [-0.1, -0.05) is 0 Å². The van der Waals surface area contributed by atoms with E-state index in [0.29, 0.717) is 12.0 Å². The second-order valence-electron chi connectivity index (χ2n) is 4.48. The summed E-state index contributed by atoms with van der Waals surface area (Å²) in [5, 5.41) is 13.5. The van der Waals surface area contributed by atoms with E-state index in [1.54, 1.807) is 0 Å². The van der Waals surface area contributed by atoms with Gasteiger partial charge in [0.25, 0.3) is 0 Å². The van der Waals surface area contributed by atoms with E-state index in [-0.39, 0.29) is 6.10 Å². The number of likely N-dealkylation sites (tertiary alicyclic amines) is 1. The highest BCUT2D eigenvalue weighted by Crippen LogP contribution is 2.24. The van der Waals surface area contributed by atoms with Crippen molar-refractivity contribution < 1.29 is 5.11 Å². The Morgan fingerprint density at radius 1 is 1.38 bits per heavy atom. The second-order valence-corrected chi connectivity index (χ2v) is 4.48. The Hall–Kier alpha value is -0.120. The van der Waals surface area contributed by atoms with Gasteiger partial charge >= 0.3 is 0 Å². The van der Waals surface area contributed by atoms with Crippen molar-refractivity contribution in [1.82, 2.24) is 10.2 Å². The zero-order valence-corrected chi connectivity index (χ0v) is 8.37. The van der Waals surface area contributed by atoms with Crippen LogP contribution in [-0.2, 0) is 0 Å². The Labute approximate surface area is 80.1 Å². The normalized spacial score (nSPS) is 42.5. The molecule has 2 heterocycles. The average Bonchev–Trinajstić information content (AvgIpc) is 2.29. The predicted octanol–water partition coefficient (Wildman–Crippen LogP) is 0.0510. The van der Waals surface area contributed by atoms with Crippen LogP contribution in [0.1, 0.15) is 19.3 Å². The Morgan fingerprint density at radius 3 is 3.08 bits per heavy atom.